The second-order valence-corrected chi connectivity index (χ2v) is 4.06. The van der Waals surface area contributed by atoms with Gasteiger partial charge in [0.25, 0.3) is 0 Å². The molecule has 0 amide bonds. The number of rotatable bonds is 5. The van der Waals surface area contributed by atoms with Gasteiger partial charge >= 0.3 is 0 Å². The predicted octanol–water partition coefficient (Wildman–Crippen LogP) is 2.83. The molecule has 0 radical (unpaired) electrons. The fraction of sp³-hybridized carbons (Fsp3) is 0.538. The molecule has 1 atom stereocenters. The maximum Gasteiger partial charge on any atom is 0.142 e. The lowest BCUT2D eigenvalue weighted by Gasteiger charge is -2.26. The summed E-state index contributed by atoms with van der Waals surface area (Å²) in [4.78, 5) is 6.27. The van der Waals surface area contributed by atoms with Crippen molar-refractivity contribution in [3.63, 3.8) is 0 Å². The molecular weight excluding hydrogens is 198 g/mol. The van der Waals surface area contributed by atoms with E-state index in [1.54, 1.807) is 6.20 Å². The number of pyridine rings is 1. The van der Waals surface area contributed by atoms with Crippen molar-refractivity contribution in [1.29, 1.82) is 5.26 Å². The molecule has 0 aromatic carbocycles. The Balaban J connectivity index is 2.82. The quantitative estimate of drug-likeness (QED) is 0.761. The summed E-state index contributed by atoms with van der Waals surface area (Å²) in [6.07, 6.45) is 2.87. The highest BCUT2D eigenvalue weighted by molar-refractivity contribution is 5.48. The SMILES string of the molecule is CCC(C)CN(CC)c1ccnc(C#N)c1. The van der Waals surface area contributed by atoms with Crippen molar-refractivity contribution >= 4 is 5.69 Å². The third kappa shape index (κ3) is 3.23. The molecule has 0 aliphatic heterocycles. The van der Waals surface area contributed by atoms with E-state index < -0.39 is 0 Å². The first kappa shape index (κ1) is 12.5. The van der Waals surface area contributed by atoms with Gasteiger partial charge in [-0.3, -0.25) is 0 Å². The molecule has 0 spiro atoms. The Morgan fingerprint density at radius 2 is 2.25 bits per heavy atom. The Morgan fingerprint density at radius 3 is 2.81 bits per heavy atom. The van der Waals surface area contributed by atoms with Crippen LogP contribution in [-0.4, -0.2) is 18.1 Å². The molecule has 0 N–H and O–H groups in total. The molecule has 16 heavy (non-hydrogen) atoms. The monoisotopic (exact) mass is 217 g/mol. The summed E-state index contributed by atoms with van der Waals surface area (Å²) in [5.74, 6) is 0.665. The summed E-state index contributed by atoms with van der Waals surface area (Å²) in [6.45, 7) is 8.57. The fourth-order valence-corrected chi connectivity index (χ4v) is 1.60. The van der Waals surface area contributed by atoms with Crippen molar-refractivity contribution in [2.75, 3.05) is 18.0 Å². The Morgan fingerprint density at radius 1 is 1.50 bits per heavy atom. The van der Waals surface area contributed by atoms with E-state index in [1.165, 1.54) is 6.42 Å². The minimum atomic E-state index is 0.486. The fourth-order valence-electron chi connectivity index (χ4n) is 1.60. The average Bonchev–Trinajstić information content (AvgIpc) is 2.35. The third-order valence-electron chi connectivity index (χ3n) is 2.83. The highest BCUT2D eigenvalue weighted by atomic mass is 15.1. The average molecular weight is 217 g/mol. The Hall–Kier alpha value is -1.56. The molecule has 0 saturated carbocycles. The van der Waals surface area contributed by atoms with Gasteiger partial charge in [-0.15, -0.1) is 0 Å². The number of nitriles is 1. The number of hydrogen-bond acceptors (Lipinski definition) is 3. The number of anilines is 1. The van der Waals surface area contributed by atoms with Gasteiger partial charge in [0.15, 0.2) is 0 Å². The molecule has 3 nitrogen and oxygen atoms in total. The summed E-state index contributed by atoms with van der Waals surface area (Å²) in [7, 11) is 0. The van der Waals surface area contributed by atoms with Gasteiger partial charge in [-0.1, -0.05) is 20.3 Å². The van der Waals surface area contributed by atoms with Gasteiger partial charge in [0.1, 0.15) is 11.8 Å². The van der Waals surface area contributed by atoms with Gasteiger partial charge in [-0.05, 0) is 25.0 Å². The molecule has 1 aromatic heterocycles. The maximum atomic E-state index is 8.81. The van der Waals surface area contributed by atoms with Gasteiger partial charge < -0.3 is 4.90 Å². The van der Waals surface area contributed by atoms with Gasteiger partial charge in [0.05, 0.1) is 0 Å². The molecule has 1 heterocycles. The molecule has 3 heteroatoms. The van der Waals surface area contributed by atoms with Gasteiger partial charge in [-0.2, -0.15) is 5.26 Å². The lowest BCUT2D eigenvalue weighted by molar-refractivity contribution is 0.548. The molecular formula is C13H19N3. The lowest BCUT2D eigenvalue weighted by Crippen LogP contribution is -2.28. The Labute approximate surface area is 97.7 Å². The second kappa shape index (κ2) is 6.12. The smallest absolute Gasteiger partial charge is 0.142 e. The van der Waals surface area contributed by atoms with Crippen molar-refractivity contribution in [3.05, 3.63) is 24.0 Å². The van der Waals surface area contributed by atoms with E-state index in [0.717, 1.165) is 18.8 Å². The van der Waals surface area contributed by atoms with Crippen molar-refractivity contribution in [2.24, 2.45) is 5.92 Å². The second-order valence-electron chi connectivity index (χ2n) is 4.06. The predicted molar refractivity (Wildman–Crippen MR) is 66.3 cm³/mol. The van der Waals surface area contributed by atoms with Crippen LogP contribution in [0.15, 0.2) is 18.3 Å². The normalized spacial score (nSPS) is 11.9. The zero-order valence-corrected chi connectivity index (χ0v) is 10.3. The Bertz CT molecular complexity index is 368. The highest BCUT2D eigenvalue weighted by Gasteiger charge is 2.08. The number of nitrogens with zero attached hydrogens (tertiary/aromatic N) is 3. The minimum absolute atomic E-state index is 0.486. The largest absolute Gasteiger partial charge is 0.371 e. The van der Waals surface area contributed by atoms with Crippen molar-refractivity contribution in [2.45, 2.75) is 27.2 Å². The van der Waals surface area contributed by atoms with Gasteiger partial charge in [0, 0.05) is 25.0 Å². The third-order valence-corrected chi connectivity index (χ3v) is 2.83. The van der Waals surface area contributed by atoms with Crippen LogP contribution >= 0.6 is 0 Å². The van der Waals surface area contributed by atoms with Gasteiger partial charge in [0.2, 0.25) is 0 Å². The summed E-state index contributed by atoms with van der Waals surface area (Å²) in [5, 5.41) is 8.81. The summed E-state index contributed by atoms with van der Waals surface area (Å²) in [6, 6.07) is 5.89. The first-order valence-electron chi connectivity index (χ1n) is 5.82. The minimum Gasteiger partial charge on any atom is -0.371 e. The van der Waals surface area contributed by atoms with Crippen molar-refractivity contribution in [1.82, 2.24) is 4.98 Å². The first-order chi connectivity index (χ1) is 7.71. The van der Waals surface area contributed by atoms with Crippen LogP contribution in [0.2, 0.25) is 0 Å². The molecule has 0 aliphatic rings. The highest BCUT2D eigenvalue weighted by Crippen LogP contribution is 2.16. The van der Waals surface area contributed by atoms with Crippen LogP contribution in [0.25, 0.3) is 0 Å². The maximum absolute atomic E-state index is 8.81. The first-order valence-corrected chi connectivity index (χ1v) is 5.82. The standard InChI is InChI=1S/C13H19N3/c1-4-11(3)10-16(5-2)13-6-7-15-12(8-13)9-14/h6-8,11H,4-5,10H2,1-3H3. The van der Waals surface area contributed by atoms with Crippen LogP contribution in [0.1, 0.15) is 32.9 Å². The number of aromatic nitrogens is 1. The number of hydrogen-bond donors (Lipinski definition) is 0. The molecule has 86 valence electrons. The summed E-state index contributed by atoms with van der Waals surface area (Å²) < 4.78 is 0. The lowest BCUT2D eigenvalue weighted by atomic mass is 10.1. The zero-order valence-electron chi connectivity index (χ0n) is 10.3. The van der Waals surface area contributed by atoms with Gasteiger partial charge in [-0.25, -0.2) is 4.98 Å². The van der Waals surface area contributed by atoms with Crippen LogP contribution in [0.4, 0.5) is 5.69 Å². The van der Waals surface area contributed by atoms with E-state index in [-0.39, 0.29) is 0 Å². The molecule has 1 rings (SSSR count). The topological polar surface area (TPSA) is 39.9 Å². The van der Waals surface area contributed by atoms with Crippen molar-refractivity contribution in [3.8, 4) is 6.07 Å². The molecule has 1 aromatic rings. The molecule has 0 aliphatic carbocycles. The van der Waals surface area contributed by atoms with E-state index in [1.807, 2.05) is 12.1 Å². The van der Waals surface area contributed by atoms with E-state index in [9.17, 15) is 0 Å². The van der Waals surface area contributed by atoms with Crippen LogP contribution in [0, 0.1) is 17.2 Å². The molecule has 0 bridgehead atoms. The molecule has 0 saturated heterocycles. The Kier molecular flexibility index (Phi) is 4.78. The van der Waals surface area contributed by atoms with E-state index in [2.05, 4.69) is 36.7 Å². The summed E-state index contributed by atoms with van der Waals surface area (Å²) in [5.41, 5.74) is 1.58. The van der Waals surface area contributed by atoms with Crippen molar-refractivity contribution < 1.29 is 0 Å². The van der Waals surface area contributed by atoms with E-state index >= 15 is 0 Å². The molecule has 0 fully saturated rings. The van der Waals surface area contributed by atoms with Crippen LogP contribution < -0.4 is 4.90 Å². The molecule has 1 unspecified atom stereocenters. The zero-order chi connectivity index (χ0) is 12.0. The van der Waals surface area contributed by atoms with Crippen LogP contribution in [-0.2, 0) is 0 Å². The van der Waals surface area contributed by atoms with Crippen LogP contribution in [0.3, 0.4) is 0 Å². The van der Waals surface area contributed by atoms with Crippen LogP contribution in [0.5, 0.6) is 0 Å². The van der Waals surface area contributed by atoms with E-state index in [0.29, 0.717) is 11.6 Å². The summed E-state index contributed by atoms with van der Waals surface area (Å²) >= 11 is 0. The van der Waals surface area contributed by atoms with E-state index in [4.69, 9.17) is 5.26 Å².